The first-order valence-corrected chi connectivity index (χ1v) is 7.96. The molecule has 1 aromatic carbocycles. The van der Waals surface area contributed by atoms with Crippen molar-refractivity contribution < 1.29 is 9.53 Å². The summed E-state index contributed by atoms with van der Waals surface area (Å²) in [6.45, 7) is 6.72. The van der Waals surface area contributed by atoms with E-state index in [1.165, 1.54) is 24.0 Å². The van der Waals surface area contributed by atoms with Crippen LogP contribution in [0.5, 0.6) is 5.75 Å². The molecule has 0 heterocycles. The molecular formula is C20H26O2. The minimum atomic E-state index is 0.145. The summed E-state index contributed by atoms with van der Waals surface area (Å²) in [5.74, 6) is 0.961. The zero-order valence-corrected chi connectivity index (χ0v) is 14.1. The lowest BCUT2D eigenvalue weighted by molar-refractivity contribution is -0.114. The molecule has 118 valence electrons. The Balaban J connectivity index is 2.04. The van der Waals surface area contributed by atoms with Gasteiger partial charge in [0, 0.05) is 6.42 Å². The molecular weight excluding hydrogens is 272 g/mol. The average Bonchev–Trinajstić information content (AvgIpc) is 2.47. The molecule has 0 amide bonds. The first-order chi connectivity index (χ1) is 10.4. The highest BCUT2D eigenvalue weighted by Gasteiger charge is 2.26. The van der Waals surface area contributed by atoms with E-state index >= 15 is 0 Å². The second-order valence-corrected chi connectivity index (χ2v) is 6.76. The number of allylic oxidation sites excluding steroid dienone is 4. The van der Waals surface area contributed by atoms with Crippen molar-refractivity contribution in [1.82, 2.24) is 0 Å². The molecule has 22 heavy (non-hydrogen) atoms. The van der Waals surface area contributed by atoms with Crippen LogP contribution < -0.4 is 4.74 Å². The maximum atomic E-state index is 12.2. The zero-order chi connectivity index (χ0) is 16.2. The molecule has 2 rings (SSSR count). The van der Waals surface area contributed by atoms with Crippen LogP contribution in [0.2, 0.25) is 0 Å². The highest BCUT2D eigenvalue weighted by Crippen LogP contribution is 2.40. The van der Waals surface area contributed by atoms with Crippen molar-refractivity contribution in [2.24, 2.45) is 5.41 Å². The second kappa shape index (κ2) is 6.95. The van der Waals surface area contributed by atoms with Crippen LogP contribution in [0.3, 0.4) is 0 Å². The van der Waals surface area contributed by atoms with Crippen molar-refractivity contribution in [3.63, 3.8) is 0 Å². The number of hydrogen-bond donors (Lipinski definition) is 0. The lowest BCUT2D eigenvalue weighted by Gasteiger charge is -2.32. The third-order valence-electron chi connectivity index (χ3n) is 4.52. The van der Waals surface area contributed by atoms with Crippen LogP contribution in [-0.2, 0) is 11.2 Å². The second-order valence-electron chi connectivity index (χ2n) is 6.76. The first kappa shape index (κ1) is 16.5. The summed E-state index contributed by atoms with van der Waals surface area (Å²) in [4.78, 5) is 12.2. The predicted molar refractivity (Wildman–Crippen MR) is 91.2 cm³/mol. The van der Waals surface area contributed by atoms with Crippen LogP contribution in [-0.4, -0.2) is 12.9 Å². The third kappa shape index (κ3) is 4.09. The van der Waals surface area contributed by atoms with E-state index in [0.29, 0.717) is 6.42 Å². The van der Waals surface area contributed by atoms with Gasteiger partial charge in [-0.1, -0.05) is 37.6 Å². The largest absolute Gasteiger partial charge is 0.497 e. The molecule has 1 aliphatic carbocycles. The molecule has 2 nitrogen and oxygen atoms in total. The molecule has 0 aliphatic heterocycles. The number of methoxy groups -OCH3 is 1. The van der Waals surface area contributed by atoms with Crippen LogP contribution in [0, 0.1) is 5.41 Å². The summed E-state index contributed by atoms with van der Waals surface area (Å²) in [7, 11) is 1.64. The van der Waals surface area contributed by atoms with Gasteiger partial charge >= 0.3 is 0 Å². The first-order valence-electron chi connectivity index (χ1n) is 7.96. The van der Waals surface area contributed by atoms with E-state index < -0.39 is 0 Å². The number of carbonyl (C=O) groups is 1. The zero-order valence-electron chi connectivity index (χ0n) is 14.1. The molecule has 1 aromatic rings. The topological polar surface area (TPSA) is 26.3 Å². The smallest absolute Gasteiger partial charge is 0.160 e. The standard InChI is InChI=1S/C20H26O2/c1-15-6-5-13-20(2,3)19(15)12-9-17(21)14-16-7-10-18(22-4)11-8-16/h7-12H,5-6,13-14H2,1-4H3/b12-9+. The maximum Gasteiger partial charge on any atom is 0.160 e. The Morgan fingerprint density at radius 2 is 1.95 bits per heavy atom. The molecule has 0 N–H and O–H groups in total. The van der Waals surface area contributed by atoms with Gasteiger partial charge in [-0.15, -0.1) is 0 Å². The molecule has 1 aliphatic rings. The van der Waals surface area contributed by atoms with E-state index in [1.54, 1.807) is 13.2 Å². The fourth-order valence-corrected chi connectivity index (χ4v) is 3.19. The highest BCUT2D eigenvalue weighted by molar-refractivity contribution is 5.91. The molecule has 2 heteroatoms. The van der Waals surface area contributed by atoms with E-state index in [-0.39, 0.29) is 11.2 Å². The van der Waals surface area contributed by atoms with Crippen molar-refractivity contribution in [3.05, 3.63) is 53.1 Å². The number of benzene rings is 1. The summed E-state index contributed by atoms with van der Waals surface area (Å²) >= 11 is 0. The van der Waals surface area contributed by atoms with Crippen molar-refractivity contribution in [2.75, 3.05) is 7.11 Å². The Labute approximate surface area is 133 Å². The lowest BCUT2D eigenvalue weighted by atomic mass is 9.72. The van der Waals surface area contributed by atoms with Gasteiger partial charge in [-0.05, 0) is 60.9 Å². The number of hydrogen-bond acceptors (Lipinski definition) is 2. The molecule has 0 spiro atoms. The van der Waals surface area contributed by atoms with E-state index in [2.05, 4.69) is 20.8 Å². The Bertz CT molecular complexity index is 589. The Hall–Kier alpha value is -1.83. The van der Waals surface area contributed by atoms with Crippen LogP contribution >= 0.6 is 0 Å². The van der Waals surface area contributed by atoms with Crippen molar-refractivity contribution in [2.45, 2.75) is 46.5 Å². The molecule has 0 radical (unpaired) electrons. The molecule has 0 fully saturated rings. The average molecular weight is 298 g/mol. The number of rotatable bonds is 5. The van der Waals surface area contributed by atoms with E-state index in [4.69, 9.17) is 4.74 Å². The molecule has 0 aromatic heterocycles. The van der Waals surface area contributed by atoms with Gasteiger partial charge in [-0.3, -0.25) is 4.79 Å². The van der Waals surface area contributed by atoms with Crippen LogP contribution in [0.4, 0.5) is 0 Å². The minimum Gasteiger partial charge on any atom is -0.497 e. The third-order valence-corrected chi connectivity index (χ3v) is 4.52. The molecule has 0 saturated heterocycles. The highest BCUT2D eigenvalue weighted by atomic mass is 16.5. The normalized spacial score (nSPS) is 17.8. The van der Waals surface area contributed by atoms with Crippen molar-refractivity contribution >= 4 is 5.78 Å². The maximum absolute atomic E-state index is 12.2. The SMILES string of the molecule is COc1ccc(CC(=O)/C=C/C2=C(C)CCCC2(C)C)cc1. The van der Waals surface area contributed by atoms with Crippen molar-refractivity contribution in [1.29, 1.82) is 0 Å². The van der Waals surface area contributed by atoms with E-state index in [9.17, 15) is 4.79 Å². The van der Waals surface area contributed by atoms with E-state index in [0.717, 1.165) is 17.7 Å². The van der Waals surface area contributed by atoms with Gasteiger partial charge in [0.15, 0.2) is 5.78 Å². The van der Waals surface area contributed by atoms with Gasteiger partial charge < -0.3 is 4.74 Å². The molecule has 0 unspecified atom stereocenters. The Morgan fingerprint density at radius 1 is 1.27 bits per heavy atom. The van der Waals surface area contributed by atoms with Gasteiger partial charge in [0.05, 0.1) is 7.11 Å². The van der Waals surface area contributed by atoms with E-state index in [1.807, 2.05) is 30.3 Å². The lowest BCUT2D eigenvalue weighted by Crippen LogP contribution is -2.19. The number of carbonyl (C=O) groups excluding carboxylic acids is 1. The Morgan fingerprint density at radius 3 is 2.55 bits per heavy atom. The summed E-state index contributed by atoms with van der Waals surface area (Å²) < 4.78 is 5.13. The fourth-order valence-electron chi connectivity index (χ4n) is 3.19. The van der Waals surface area contributed by atoms with Gasteiger partial charge in [-0.2, -0.15) is 0 Å². The summed E-state index contributed by atoms with van der Waals surface area (Å²) in [5.41, 5.74) is 3.95. The van der Waals surface area contributed by atoms with Gasteiger partial charge in [-0.25, -0.2) is 0 Å². The minimum absolute atomic E-state index is 0.145. The quantitative estimate of drug-likeness (QED) is 0.723. The molecule has 0 bridgehead atoms. The van der Waals surface area contributed by atoms with Crippen LogP contribution in [0.25, 0.3) is 0 Å². The summed E-state index contributed by atoms with van der Waals surface area (Å²) in [6, 6.07) is 7.67. The van der Waals surface area contributed by atoms with Gasteiger partial charge in [0.25, 0.3) is 0 Å². The molecule has 0 saturated carbocycles. The van der Waals surface area contributed by atoms with Gasteiger partial charge in [0.1, 0.15) is 5.75 Å². The number of ketones is 1. The van der Waals surface area contributed by atoms with Gasteiger partial charge in [0.2, 0.25) is 0 Å². The molecule has 0 atom stereocenters. The summed E-state index contributed by atoms with van der Waals surface area (Å²) in [6.07, 6.45) is 7.81. The van der Waals surface area contributed by atoms with Crippen molar-refractivity contribution in [3.8, 4) is 5.75 Å². The van der Waals surface area contributed by atoms with Crippen LogP contribution in [0.15, 0.2) is 47.6 Å². The fraction of sp³-hybridized carbons (Fsp3) is 0.450. The Kier molecular flexibility index (Phi) is 5.23. The predicted octanol–water partition coefficient (Wildman–Crippen LogP) is 4.89. The van der Waals surface area contributed by atoms with Crippen LogP contribution in [0.1, 0.15) is 45.6 Å². The monoisotopic (exact) mass is 298 g/mol. The summed E-state index contributed by atoms with van der Waals surface area (Å²) in [5, 5.41) is 0. The number of ether oxygens (including phenoxy) is 1.